The zero-order valence-electron chi connectivity index (χ0n) is 10.2. The Bertz CT molecular complexity index is 333. The summed E-state index contributed by atoms with van der Waals surface area (Å²) in [6, 6.07) is 5.69. The van der Waals surface area contributed by atoms with Gasteiger partial charge in [-0.1, -0.05) is 40.9 Å². The lowest BCUT2D eigenvalue weighted by molar-refractivity contribution is -0.655. The molecular formula is C13H20BrClNO+. The van der Waals surface area contributed by atoms with Crippen LogP contribution in [0.25, 0.3) is 0 Å². The third-order valence-electron chi connectivity index (χ3n) is 2.47. The maximum Gasteiger partial charge on any atom is 0.137 e. The lowest BCUT2D eigenvalue weighted by Gasteiger charge is -2.07. The average molecular weight is 322 g/mol. The van der Waals surface area contributed by atoms with Crippen LogP contribution in [0.15, 0.2) is 22.7 Å². The number of hydrogen-bond acceptors (Lipinski definition) is 1. The molecule has 1 rings (SSSR count). The van der Waals surface area contributed by atoms with Crippen LogP contribution in [0.1, 0.15) is 26.2 Å². The largest absolute Gasteiger partial charge is 0.492 e. The summed E-state index contributed by atoms with van der Waals surface area (Å²) in [6.07, 6.45) is 3.61. The van der Waals surface area contributed by atoms with Crippen LogP contribution in [-0.4, -0.2) is 19.7 Å². The highest BCUT2D eigenvalue weighted by molar-refractivity contribution is 9.10. The van der Waals surface area contributed by atoms with E-state index in [4.69, 9.17) is 16.3 Å². The van der Waals surface area contributed by atoms with E-state index in [1.54, 1.807) is 0 Å². The smallest absolute Gasteiger partial charge is 0.137 e. The number of rotatable bonds is 8. The quantitative estimate of drug-likeness (QED) is 0.731. The second-order valence-electron chi connectivity index (χ2n) is 4.00. The van der Waals surface area contributed by atoms with Gasteiger partial charge in [-0.15, -0.1) is 0 Å². The molecule has 0 bridgehead atoms. The first-order valence-electron chi connectivity index (χ1n) is 6.13. The molecule has 0 unspecified atom stereocenters. The molecule has 1 aromatic carbocycles. The van der Waals surface area contributed by atoms with E-state index >= 15 is 0 Å². The van der Waals surface area contributed by atoms with Crippen LogP contribution in [0.4, 0.5) is 0 Å². The topological polar surface area (TPSA) is 25.8 Å². The summed E-state index contributed by atoms with van der Waals surface area (Å²) in [7, 11) is 0. The number of quaternary nitrogens is 1. The van der Waals surface area contributed by atoms with Gasteiger partial charge in [0, 0.05) is 10.9 Å². The van der Waals surface area contributed by atoms with E-state index in [0.29, 0.717) is 5.02 Å². The molecular weight excluding hydrogens is 302 g/mol. The Labute approximate surface area is 117 Å². The van der Waals surface area contributed by atoms with Crippen molar-refractivity contribution < 1.29 is 10.1 Å². The first kappa shape index (κ1) is 14.8. The molecule has 1 aromatic rings. The summed E-state index contributed by atoms with van der Waals surface area (Å²) in [6.45, 7) is 5.28. The summed E-state index contributed by atoms with van der Waals surface area (Å²) in [4.78, 5) is 0. The Kier molecular flexibility index (Phi) is 7.65. The molecule has 0 heterocycles. The first-order valence-corrected chi connectivity index (χ1v) is 7.30. The Morgan fingerprint density at radius 3 is 2.76 bits per heavy atom. The van der Waals surface area contributed by atoms with Crippen molar-refractivity contribution in [1.82, 2.24) is 0 Å². The Morgan fingerprint density at radius 1 is 1.29 bits per heavy atom. The van der Waals surface area contributed by atoms with Crippen LogP contribution >= 0.6 is 27.5 Å². The van der Waals surface area contributed by atoms with E-state index in [0.717, 1.165) is 29.8 Å². The number of benzene rings is 1. The maximum atomic E-state index is 6.05. The predicted octanol–water partition coefficient (Wildman–Crippen LogP) is 3.23. The minimum absolute atomic E-state index is 0.661. The number of halogens is 2. The number of hydrogen-bond donors (Lipinski definition) is 1. The van der Waals surface area contributed by atoms with Gasteiger partial charge in [0.2, 0.25) is 0 Å². The Hall–Kier alpha value is -0.250. The minimum Gasteiger partial charge on any atom is -0.492 e. The third kappa shape index (κ3) is 6.29. The van der Waals surface area contributed by atoms with Crippen LogP contribution in [-0.2, 0) is 0 Å². The van der Waals surface area contributed by atoms with Gasteiger partial charge in [0.25, 0.3) is 0 Å². The van der Waals surface area contributed by atoms with Crippen molar-refractivity contribution in [3.63, 3.8) is 0 Å². The van der Waals surface area contributed by atoms with Gasteiger partial charge in [-0.3, -0.25) is 0 Å². The molecule has 0 atom stereocenters. The van der Waals surface area contributed by atoms with Gasteiger partial charge in [-0.2, -0.15) is 0 Å². The zero-order chi connectivity index (χ0) is 12.5. The predicted molar refractivity (Wildman–Crippen MR) is 75.8 cm³/mol. The molecule has 0 radical (unpaired) electrons. The molecule has 2 nitrogen and oxygen atoms in total. The summed E-state index contributed by atoms with van der Waals surface area (Å²) in [5.74, 6) is 0.767. The van der Waals surface area contributed by atoms with Gasteiger partial charge in [-0.25, -0.2) is 0 Å². The fourth-order valence-electron chi connectivity index (χ4n) is 1.49. The molecule has 0 aromatic heterocycles. The van der Waals surface area contributed by atoms with Gasteiger partial charge < -0.3 is 10.1 Å². The van der Waals surface area contributed by atoms with Gasteiger partial charge >= 0.3 is 0 Å². The van der Waals surface area contributed by atoms with Crippen molar-refractivity contribution in [1.29, 1.82) is 0 Å². The standard InChI is InChI=1S/C13H19BrClNO/c1-2-3-7-16-8-4-9-17-13-6-5-11(14)10-12(13)15/h5-6,10,16H,2-4,7-9H2,1H3/p+1. The lowest BCUT2D eigenvalue weighted by Crippen LogP contribution is -2.84. The number of unbranched alkanes of at least 4 members (excludes halogenated alkanes) is 1. The normalized spacial score (nSPS) is 10.5. The van der Waals surface area contributed by atoms with Gasteiger partial charge in [-0.05, 0) is 24.6 Å². The van der Waals surface area contributed by atoms with Crippen LogP contribution < -0.4 is 10.1 Å². The molecule has 0 fully saturated rings. The van der Waals surface area contributed by atoms with Crippen LogP contribution in [0, 0.1) is 0 Å². The molecule has 4 heteroatoms. The molecule has 0 aliphatic heterocycles. The zero-order valence-corrected chi connectivity index (χ0v) is 12.6. The molecule has 17 heavy (non-hydrogen) atoms. The van der Waals surface area contributed by atoms with Crippen LogP contribution in [0.2, 0.25) is 5.02 Å². The van der Waals surface area contributed by atoms with Crippen molar-refractivity contribution in [2.75, 3.05) is 19.7 Å². The molecule has 0 aliphatic rings. The second-order valence-corrected chi connectivity index (χ2v) is 5.32. The fourth-order valence-corrected chi connectivity index (χ4v) is 2.22. The Balaban J connectivity index is 2.14. The van der Waals surface area contributed by atoms with Crippen molar-refractivity contribution >= 4 is 27.5 Å². The van der Waals surface area contributed by atoms with E-state index < -0.39 is 0 Å². The van der Waals surface area contributed by atoms with E-state index in [9.17, 15) is 0 Å². The van der Waals surface area contributed by atoms with E-state index in [1.807, 2.05) is 18.2 Å². The monoisotopic (exact) mass is 320 g/mol. The number of ether oxygens (including phenoxy) is 1. The van der Waals surface area contributed by atoms with Gasteiger partial charge in [0.1, 0.15) is 5.75 Å². The Morgan fingerprint density at radius 2 is 2.06 bits per heavy atom. The highest BCUT2D eigenvalue weighted by Gasteiger charge is 2.01. The third-order valence-corrected chi connectivity index (χ3v) is 3.25. The number of nitrogens with two attached hydrogens (primary N) is 1. The molecule has 96 valence electrons. The minimum atomic E-state index is 0.661. The van der Waals surface area contributed by atoms with E-state index in [2.05, 4.69) is 28.2 Å². The summed E-state index contributed by atoms with van der Waals surface area (Å²) in [5, 5.41) is 3.00. The molecule has 0 saturated carbocycles. The van der Waals surface area contributed by atoms with Gasteiger partial charge in [0.15, 0.2) is 0 Å². The van der Waals surface area contributed by atoms with Crippen molar-refractivity contribution in [3.05, 3.63) is 27.7 Å². The average Bonchev–Trinajstić information content (AvgIpc) is 2.30. The summed E-state index contributed by atoms with van der Waals surface area (Å²) >= 11 is 9.42. The first-order chi connectivity index (χ1) is 8.24. The van der Waals surface area contributed by atoms with Gasteiger partial charge in [0.05, 0.1) is 24.7 Å². The van der Waals surface area contributed by atoms with E-state index in [1.165, 1.54) is 19.4 Å². The molecule has 0 saturated heterocycles. The van der Waals surface area contributed by atoms with Crippen molar-refractivity contribution in [2.24, 2.45) is 0 Å². The molecule has 2 N–H and O–H groups in total. The van der Waals surface area contributed by atoms with Crippen LogP contribution in [0.3, 0.4) is 0 Å². The second kappa shape index (κ2) is 8.78. The SMILES string of the molecule is CCCC[NH2+]CCCOc1ccc(Br)cc1Cl. The highest BCUT2D eigenvalue weighted by Crippen LogP contribution is 2.27. The fraction of sp³-hybridized carbons (Fsp3) is 0.538. The highest BCUT2D eigenvalue weighted by atomic mass is 79.9. The molecule has 0 aliphatic carbocycles. The molecule has 0 amide bonds. The van der Waals surface area contributed by atoms with Crippen molar-refractivity contribution in [2.45, 2.75) is 26.2 Å². The summed E-state index contributed by atoms with van der Waals surface area (Å²) < 4.78 is 6.60. The molecule has 0 spiro atoms. The maximum absolute atomic E-state index is 6.05. The van der Waals surface area contributed by atoms with Crippen LogP contribution in [0.5, 0.6) is 5.75 Å². The van der Waals surface area contributed by atoms with Crippen molar-refractivity contribution in [3.8, 4) is 5.75 Å². The summed E-state index contributed by atoms with van der Waals surface area (Å²) in [5.41, 5.74) is 0. The lowest BCUT2D eigenvalue weighted by atomic mass is 10.3. The van der Waals surface area contributed by atoms with E-state index in [-0.39, 0.29) is 0 Å².